The van der Waals surface area contributed by atoms with Gasteiger partial charge in [0.05, 0.1) is 22.3 Å². The van der Waals surface area contributed by atoms with E-state index in [1.807, 2.05) is 0 Å². The predicted octanol–water partition coefficient (Wildman–Crippen LogP) is 7.37. The molecule has 0 amide bonds. The number of carbonyl (C=O) groups excluding carboxylic acids is 4. The van der Waals surface area contributed by atoms with Crippen molar-refractivity contribution in [3.05, 3.63) is 185 Å². The van der Waals surface area contributed by atoms with Crippen LogP contribution in [0.3, 0.4) is 0 Å². The molecule has 10 heteroatoms. The van der Waals surface area contributed by atoms with Gasteiger partial charge in [0.25, 0.3) is 0 Å². The normalized spacial score (nSPS) is 16.4. The Labute approximate surface area is 309 Å². The molecule has 2 atom stereocenters. The lowest BCUT2D eigenvalue weighted by atomic mass is 9.80. The highest BCUT2D eigenvalue weighted by Gasteiger charge is 2.52. The van der Waals surface area contributed by atoms with E-state index < -0.39 is 35.4 Å². The molecule has 0 saturated carbocycles. The second kappa shape index (κ2) is 14.2. The van der Waals surface area contributed by atoms with E-state index in [1.165, 1.54) is 6.07 Å². The number of fused-ring (bicyclic) bond motifs is 5. The molecule has 54 heavy (non-hydrogen) atoms. The van der Waals surface area contributed by atoms with Crippen molar-refractivity contribution in [1.29, 1.82) is 0 Å². The van der Waals surface area contributed by atoms with Gasteiger partial charge in [-0.2, -0.15) is 0 Å². The van der Waals surface area contributed by atoms with Crippen LogP contribution >= 0.6 is 0 Å². The number of esters is 4. The summed E-state index contributed by atoms with van der Waals surface area (Å²) in [4.78, 5) is 53.2. The van der Waals surface area contributed by atoms with E-state index in [0.717, 1.165) is 0 Å². The zero-order valence-corrected chi connectivity index (χ0v) is 28.5. The Bertz CT molecular complexity index is 2400. The van der Waals surface area contributed by atoms with Gasteiger partial charge in [0.1, 0.15) is 12.2 Å². The minimum Gasteiger partial charge on any atom is -0.486 e. The largest absolute Gasteiger partial charge is 0.486 e. The third-order valence-corrected chi connectivity index (χ3v) is 9.28. The van der Waals surface area contributed by atoms with Crippen molar-refractivity contribution in [2.45, 2.75) is 17.9 Å². The molecule has 1 heterocycles. The Morgan fingerprint density at radius 2 is 0.944 bits per heavy atom. The summed E-state index contributed by atoms with van der Waals surface area (Å²) >= 11 is 0. The van der Waals surface area contributed by atoms with Crippen molar-refractivity contribution in [3.63, 3.8) is 0 Å². The SMILES string of the molecule is O=C(Oc1cc2c(cc1OC(=O)c1ccccc1)[C@@H]1c3ccc(OC(=O)c4ccccc4)c(OC(=O)c4ccccc4)c3OC[C@]1(O)C2)c1ccccc1. The number of rotatable bonds is 8. The number of aliphatic hydroxyl groups is 1. The Kier molecular flexibility index (Phi) is 8.94. The van der Waals surface area contributed by atoms with Gasteiger partial charge < -0.3 is 28.8 Å². The molecular weight excluding hydrogens is 688 g/mol. The molecule has 0 bridgehead atoms. The van der Waals surface area contributed by atoms with Crippen LogP contribution in [-0.2, 0) is 6.42 Å². The molecule has 0 saturated heterocycles. The molecular formula is C44H30O10. The summed E-state index contributed by atoms with van der Waals surface area (Å²) < 4.78 is 29.5. The van der Waals surface area contributed by atoms with E-state index in [2.05, 4.69) is 0 Å². The highest BCUT2D eigenvalue weighted by atomic mass is 16.6. The number of carbonyl (C=O) groups is 4. The summed E-state index contributed by atoms with van der Waals surface area (Å²) in [5.41, 5.74) is 1.16. The second-order valence-corrected chi connectivity index (χ2v) is 12.8. The van der Waals surface area contributed by atoms with Crippen molar-refractivity contribution < 1.29 is 48.0 Å². The van der Waals surface area contributed by atoms with Gasteiger partial charge in [-0.1, -0.05) is 78.9 Å². The molecule has 0 aromatic heterocycles. The molecule has 1 aliphatic carbocycles. The first-order valence-electron chi connectivity index (χ1n) is 17.1. The van der Waals surface area contributed by atoms with E-state index in [9.17, 15) is 24.3 Å². The summed E-state index contributed by atoms with van der Waals surface area (Å²) in [7, 11) is 0. The van der Waals surface area contributed by atoms with E-state index in [1.54, 1.807) is 140 Å². The lowest BCUT2D eigenvalue weighted by Gasteiger charge is -2.37. The Morgan fingerprint density at radius 3 is 1.43 bits per heavy atom. The summed E-state index contributed by atoms with van der Waals surface area (Å²) in [5.74, 6) is -3.76. The van der Waals surface area contributed by atoms with Crippen molar-refractivity contribution in [2.75, 3.05) is 6.61 Å². The maximum Gasteiger partial charge on any atom is 0.343 e. The molecule has 8 rings (SSSR count). The molecule has 266 valence electrons. The summed E-state index contributed by atoms with van der Waals surface area (Å²) in [6, 6.07) is 39.6. The molecule has 10 nitrogen and oxygen atoms in total. The van der Waals surface area contributed by atoms with Crippen LogP contribution in [-0.4, -0.2) is 41.2 Å². The zero-order valence-electron chi connectivity index (χ0n) is 28.5. The van der Waals surface area contributed by atoms with E-state index in [0.29, 0.717) is 16.7 Å². The number of hydrogen-bond acceptors (Lipinski definition) is 10. The molecule has 0 fully saturated rings. The predicted molar refractivity (Wildman–Crippen MR) is 194 cm³/mol. The van der Waals surface area contributed by atoms with Crippen LogP contribution in [0.5, 0.6) is 28.7 Å². The van der Waals surface area contributed by atoms with Gasteiger partial charge in [-0.05, 0) is 77.9 Å². The van der Waals surface area contributed by atoms with Crippen LogP contribution in [0.1, 0.15) is 64.0 Å². The van der Waals surface area contributed by atoms with Gasteiger partial charge in [-0.15, -0.1) is 0 Å². The van der Waals surface area contributed by atoms with E-state index >= 15 is 0 Å². The fourth-order valence-electron chi connectivity index (χ4n) is 6.75. The minimum atomic E-state index is -1.51. The van der Waals surface area contributed by atoms with Gasteiger partial charge in [-0.3, -0.25) is 0 Å². The molecule has 6 aromatic carbocycles. The van der Waals surface area contributed by atoms with Crippen LogP contribution < -0.4 is 23.7 Å². The Balaban J connectivity index is 1.22. The Morgan fingerprint density at radius 1 is 0.519 bits per heavy atom. The van der Waals surface area contributed by atoms with Crippen LogP contribution in [0.25, 0.3) is 0 Å². The van der Waals surface area contributed by atoms with Crippen molar-refractivity contribution in [1.82, 2.24) is 0 Å². The fraction of sp³-hybridized carbons (Fsp3) is 0.0909. The monoisotopic (exact) mass is 718 g/mol. The molecule has 1 aliphatic heterocycles. The van der Waals surface area contributed by atoms with Crippen LogP contribution in [0.15, 0.2) is 146 Å². The lowest BCUT2D eigenvalue weighted by Crippen LogP contribution is -2.44. The van der Waals surface area contributed by atoms with Crippen molar-refractivity contribution >= 4 is 23.9 Å². The first-order chi connectivity index (χ1) is 26.3. The van der Waals surface area contributed by atoms with Crippen LogP contribution in [0.4, 0.5) is 0 Å². The summed E-state index contributed by atoms with van der Waals surface area (Å²) in [6.07, 6.45) is 0.0825. The molecule has 2 aliphatic rings. The van der Waals surface area contributed by atoms with Crippen LogP contribution in [0.2, 0.25) is 0 Å². The topological polar surface area (TPSA) is 135 Å². The van der Waals surface area contributed by atoms with Crippen molar-refractivity contribution in [3.8, 4) is 28.7 Å². The molecule has 0 radical (unpaired) electrons. The van der Waals surface area contributed by atoms with Gasteiger partial charge in [0, 0.05) is 17.9 Å². The quantitative estimate of drug-likeness (QED) is 0.126. The second-order valence-electron chi connectivity index (χ2n) is 12.8. The first-order valence-corrected chi connectivity index (χ1v) is 17.1. The zero-order chi connectivity index (χ0) is 37.2. The summed E-state index contributed by atoms with van der Waals surface area (Å²) in [6.45, 7) is -0.246. The van der Waals surface area contributed by atoms with Gasteiger partial charge in [-0.25, -0.2) is 19.2 Å². The standard InChI is InChI=1S/C44H30O10/c45-40(27-13-5-1-6-14-27)51-34-22-21-32-37-33-24-36(53-42(47)29-17-9-3-10-18-29)35(52-41(46)28-15-7-2-8-16-28)23-31(33)25-44(37,49)26-50-38(32)39(34)54-43(48)30-19-11-4-12-20-30/h1-24,37,49H,25-26H2/t37-,44+/m0/s1. The van der Waals surface area contributed by atoms with Gasteiger partial charge in [0.15, 0.2) is 23.0 Å². The van der Waals surface area contributed by atoms with Crippen LogP contribution in [0, 0.1) is 0 Å². The maximum absolute atomic E-state index is 13.4. The Hall–Kier alpha value is -7.04. The molecule has 0 unspecified atom stereocenters. The number of ether oxygens (including phenoxy) is 5. The average Bonchev–Trinajstić information content (AvgIpc) is 3.51. The maximum atomic E-state index is 13.4. The highest BCUT2D eigenvalue weighted by molar-refractivity contribution is 5.95. The number of benzene rings is 6. The molecule has 0 spiro atoms. The average molecular weight is 719 g/mol. The number of hydrogen-bond donors (Lipinski definition) is 1. The summed E-state index contributed by atoms with van der Waals surface area (Å²) in [5, 5.41) is 12.2. The van der Waals surface area contributed by atoms with E-state index in [-0.39, 0.29) is 64.0 Å². The first kappa shape index (κ1) is 34.1. The highest BCUT2D eigenvalue weighted by Crippen LogP contribution is 2.56. The molecule has 6 aromatic rings. The van der Waals surface area contributed by atoms with Gasteiger partial charge in [0.2, 0.25) is 5.75 Å². The smallest absolute Gasteiger partial charge is 0.343 e. The lowest BCUT2D eigenvalue weighted by molar-refractivity contribution is -0.0228. The fourth-order valence-corrected chi connectivity index (χ4v) is 6.75. The minimum absolute atomic E-state index is 0.0177. The van der Waals surface area contributed by atoms with E-state index in [4.69, 9.17) is 23.7 Å². The third-order valence-electron chi connectivity index (χ3n) is 9.28. The van der Waals surface area contributed by atoms with Gasteiger partial charge >= 0.3 is 23.9 Å². The third kappa shape index (κ3) is 6.57. The molecule has 1 N–H and O–H groups in total. The van der Waals surface area contributed by atoms with Crippen molar-refractivity contribution in [2.24, 2.45) is 0 Å².